The smallest absolute Gasteiger partial charge is 0.224 e. The molecule has 0 aromatic carbocycles. The molecule has 0 aromatic rings. The molecular formula is C12H22N2O2. The molecule has 3 N–H and O–H groups in total. The largest absolute Gasteiger partial charge is 0.391 e. The van der Waals surface area contributed by atoms with E-state index in [-0.39, 0.29) is 18.1 Å². The third-order valence-electron chi connectivity index (χ3n) is 3.91. The number of amides is 1. The van der Waals surface area contributed by atoms with Crippen LogP contribution in [0.15, 0.2) is 0 Å². The highest BCUT2D eigenvalue weighted by Gasteiger charge is 2.33. The van der Waals surface area contributed by atoms with E-state index in [4.69, 9.17) is 5.73 Å². The third kappa shape index (κ3) is 2.74. The van der Waals surface area contributed by atoms with Gasteiger partial charge in [-0.3, -0.25) is 4.79 Å². The summed E-state index contributed by atoms with van der Waals surface area (Å²) in [6.07, 6.45) is 3.33. The number of aliphatic hydroxyl groups is 1. The zero-order chi connectivity index (χ0) is 11.7. The predicted molar refractivity (Wildman–Crippen MR) is 61.7 cm³/mol. The molecule has 0 aromatic heterocycles. The first-order valence-corrected chi connectivity index (χ1v) is 6.29. The van der Waals surface area contributed by atoms with Crippen molar-refractivity contribution in [1.29, 1.82) is 0 Å². The lowest BCUT2D eigenvalue weighted by molar-refractivity contribution is -0.135. The molecule has 4 nitrogen and oxygen atoms in total. The first kappa shape index (κ1) is 11.9. The Morgan fingerprint density at radius 1 is 1.50 bits per heavy atom. The maximum absolute atomic E-state index is 11.9. The number of nitrogens with two attached hydrogens (primary N) is 1. The normalized spacial score (nSPS) is 32.6. The Labute approximate surface area is 96.8 Å². The van der Waals surface area contributed by atoms with E-state index in [0.717, 1.165) is 13.0 Å². The number of hydrogen-bond acceptors (Lipinski definition) is 3. The van der Waals surface area contributed by atoms with Crippen molar-refractivity contribution in [3.05, 3.63) is 0 Å². The number of β-amino-alcohol motifs (C(OH)–C–C–N with tert-alkyl or cyclic N) is 1. The zero-order valence-corrected chi connectivity index (χ0v) is 9.93. The lowest BCUT2D eigenvalue weighted by atomic mass is 9.95. The Balaban J connectivity index is 1.80. The Bertz CT molecular complexity index is 266. The molecule has 1 saturated carbocycles. The molecule has 4 heteroatoms. The van der Waals surface area contributed by atoms with Gasteiger partial charge in [-0.15, -0.1) is 0 Å². The van der Waals surface area contributed by atoms with E-state index in [1.807, 2.05) is 6.92 Å². The van der Waals surface area contributed by atoms with Crippen molar-refractivity contribution >= 4 is 5.91 Å². The van der Waals surface area contributed by atoms with E-state index in [0.29, 0.717) is 24.8 Å². The second kappa shape index (κ2) is 4.72. The van der Waals surface area contributed by atoms with E-state index < -0.39 is 0 Å². The van der Waals surface area contributed by atoms with Gasteiger partial charge in [-0.2, -0.15) is 0 Å². The SMILES string of the molecule is CC1CCN(C(=O)CC(N)C2CC2)CC1O. The van der Waals surface area contributed by atoms with Crippen LogP contribution in [0, 0.1) is 11.8 Å². The summed E-state index contributed by atoms with van der Waals surface area (Å²) in [7, 11) is 0. The fraction of sp³-hybridized carbons (Fsp3) is 0.917. The van der Waals surface area contributed by atoms with Gasteiger partial charge in [0.25, 0.3) is 0 Å². The summed E-state index contributed by atoms with van der Waals surface area (Å²) < 4.78 is 0. The van der Waals surface area contributed by atoms with E-state index in [2.05, 4.69) is 0 Å². The minimum Gasteiger partial charge on any atom is -0.391 e. The van der Waals surface area contributed by atoms with Gasteiger partial charge in [0, 0.05) is 25.6 Å². The van der Waals surface area contributed by atoms with Gasteiger partial charge in [0.05, 0.1) is 6.10 Å². The monoisotopic (exact) mass is 226 g/mol. The van der Waals surface area contributed by atoms with Crippen LogP contribution >= 0.6 is 0 Å². The molecule has 92 valence electrons. The van der Waals surface area contributed by atoms with Gasteiger partial charge in [0.1, 0.15) is 0 Å². The van der Waals surface area contributed by atoms with Gasteiger partial charge >= 0.3 is 0 Å². The molecule has 0 spiro atoms. The van der Waals surface area contributed by atoms with Crippen LogP contribution in [0.5, 0.6) is 0 Å². The summed E-state index contributed by atoms with van der Waals surface area (Å²) in [5.74, 6) is 0.990. The van der Waals surface area contributed by atoms with Gasteiger partial charge in [-0.05, 0) is 31.1 Å². The van der Waals surface area contributed by atoms with Crippen molar-refractivity contribution in [2.75, 3.05) is 13.1 Å². The Kier molecular flexibility index (Phi) is 3.50. The van der Waals surface area contributed by atoms with Gasteiger partial charge in [0.2, 0.25) is 5.91 Å². The van der Waals surface area contributed by atoms with Crippen molar-refractivity contribution in [1.82, 2.24) is 4.90 Å². The van der Waals surface area contributed by atoms with Crippen LogP contribution in [0.3, 0.4) is 0 Å². The predicted octanol–water partition coefficient (Wildman–Crippen LogP) is 0.343. The van der Waals surface area contributed by atoms with E-state index >= 15 is 0 Å². The number of carbonyl (C=O) groups excluding carboxylic acids is 1. The summed E-state index contributed by atoms with van der Waals surface area (Å²) >= 11 is 0. The molecule has 2 rings (SSSR count). The van der Waals surface area contributed by atoms with Crippen LogP contribution in [0.25, 0.3) is 0 Å². The highest BCUT2D eigenvalue weighted by atomic mass is 16.3. The Hall–Kier alpha value is -0.610. The summed E-state index contributed by atoms with van der Waals surface area (Å²) in [4.78, 5) is 13.7. The molecule has 0 bridgehead atoms. The fourth-order valence-electron chi connectivity index (χ4n) is 2.30. The molecule has 1 amide bonds. The summed E-state index contributed by atoms with van der Waals surface area (Å²) in [6.45, 7) is 3.29. The summed E-state index contributed by atoms with van der Waals surface area (Å²) in [5, 5.41) is 9.73. The Morgan fingerprint density at radius 2 is 2.19 bits per heavy atom. The highest BCUT2D eigenvalue weighted by molar-refractivity contribution is 5.77. The van der Waals surface area contributed by atoms with Crippen molar-refractivity contribution in [2.24, 2.45) is 17.6 Å². The lowest BCUT2D eigenvalue weighted by Gasteiger charge is -2.34. The first-order valence-electron chi connectivity index (χ1n) is 6.29. The van der Waals surface area contributed by atoms with Crippen molar-refractivity contribution in [3.63, 3.8) is 0 Å². The molecule has 0 radical (unpaired) electrons. The summed E-state index contributed by atoms with van der Waals surface area (Å²) in [6, 6.07) is 0.0315. The molecule has 1 saturated heterocycles. The van der Waals surface area contributed by atoms with Crippen LogP contribution in [-0.4, -0.2) is 41.1 Å². The standard InChI is InChI=1S/C12H22N2O2/c1-8-4-5-14(7-11(8)15)12(16)6-10(13)9-2-3-9/h8-11,15H,2-7,13H2,1H3. The van der Waals surface area contributed by atoms with Crippen LogP contribution in [0.4, 0.5) is 0 Å². The number of likely N-dealkylation sites (tertiary alicyclic amines) is 1. The average Bonchev–Trinajstić information content (AvgIpc) is 3.05. The second-order valence-electron chi connectivity index (χ2n) is 5.38. The second-order valence-corrected chi connectivity index (χ2v) is 5.38. The molecule has 1 aliphatic carbocycles. The van der Waals surface area contributed by atoms with Crippen LogP contribution in [0.2, 0.25) is 0 Å². The molecule has 1 heterocycles. The van der Waals surface area contributed by atoms with Crippen LogP contribution in [-0.2, 0) is 4.79 Å². The number of aliphatic hydroxyl groups excluding tert-OH is 1. The zero-order valence-electron chi connectivity index (χ0n) is 9.93. The maximum Gasteiger partial charge on any atom is 0.224 e. The maximum atomic E-state index is 11.9. The molecule has 1 aliphatic heterocycles. The highest BCUT2D eigenvalue weighted by Crippen LogP contribution is 2.33. The minimum absolute atomic E-state index is 0.0315. The number of rotatable bonds is 3. The lowest BCUT2D eigenvalue weighted by Crippen LogP contribution is -2.47. The third-order valence-corrected chi connectivity index (χ3v) is 3.91. The Morgan fingerprint density at radius 3 is 2.75 bits per heavy atom. The van der Waals surface area contributed by atoms with Gasteiger partial charge in [0.15, 0.2) is 0 Å². The van der Waals surface area contributed by atoms with Crippen LogP contribution in [0.1, 0.15) is 32.6 Å². The van der Waals surface area contributed by atoms with Gasteiger partial charge < -0.3 is 15.7 Å². The average molecular weight is 226 g/mol. The first-order chi connectivity index (χ1) is 7.58. The molecule has 16 heavy (non-hydrogen) atoms. The van der Waals surface area contributed by atoms with Crippen LogP contribution < -0.4 is 5.73 Å². The fourth-order valence-corrected chi connectivity index (χ4v) is 2.30. The molecular weight excluding hydrogens is 204 g/mol. The van der Waals surface area contributed by atoms with Gasteiger partial charge in [-0.25, -0.2) is 0 Å². The number of carbonyl (C=O) groups is 1. The minimum atomic E-state index is -0.366. The van der Waals surface area contributed by atoms with E-state index in [1.54, 1.807) is 4.90 Å². The molecule has 2 fully saturated rings. The van der Waals surface area contributed by atoms with E-state index in [9.17, 15) is 9.90 Å². The van der Waals surface area contributed by atoms with Crippen molar-refractivity contribution < 1.29 is 9.90 Å². The molecule has 3 atom stereocenters. The number of hydrogen-bond donors (Lipinski definition) is 2. The summed E-state index contributed by atoms with van der Waals surface area (Å²) in [5.41, 5.74) is 5.94. The topological polar surface area (TPSA) is 66.6 Å². The van der Waals surface area contributed by atoms with Gasteiger partial charge in [-0.1, -0.05) is 6.92 Å². The van der Waals surface area contributed by atoms with E-state index in [1.165, 1.54) is 12.8 Å². The molecule has 2 aliphatic rings. The van der Waals surface area contributed by atoms with Crippen molar-refractivity contribution in [2.45, 2.75) is 44.8 Å². The number of nitrogens with zero attached hydrogens (tertiary/aromatic N) is 1. The van der Waals surface area contributed by atoms with Crippen molar-refractivity contribution in [3.8, 4) is 0 Å². The number of piperidine rings is 1. The molecule has 3 unspecified atom stereocenters. The quantitative estimate of drug-likeness (QED) is 0.729.